The lowest BCUT2D eigenvalue weighted by atomic mass is 10.0. The zero-order valence-corrected chi connectivity index (χ0v) is 16.8. The van der Waals surface area contributed by atoms with Crippen molar-refractivity contribution in [3.8, 4) is 0 Å². The first-order valence-electron chi connectivity index (χ1n) is 8.61. The lowest BCUT2D eigenvalue weighted by Gasteiger charge is -2.26. The fourth-order valence-corrected chi connectivity index (χ4v) is 4.47. The molecule has 1 aliphatic rings. The van der Waals surface area contributed by atoms with Crippen LogP contribution in [0.4, 0.5) is 5.69 Å². The van der Waals surface area contributed by atoms with E-state index in [4.69, 9.17) is 11.6 Å². The summed E-state index contributed by atoms with van der Waals surface area (Å²) in [6.07, 6.45) is 0.892. The third kappa shape index (κ3) is 4.50. The van der Waals surface area contributed by atoms with Gasteiger partial charge in [-0.1, -0.05) is 29.8 Å². The van der Waals surface area contributed by atoms with E-state index < -0.39 is 10.0 Å². The average Bonchev–Trinajstić information content (AvgIpc) is 2.62. The van der Waals surface area contributed by atoms with Crippen molar-refractivity contribution in [1.82, 2.24) is 9.62 Å². The predicted molar refractivity (Wildman–Crippen MR) is 106 cm³/mol. The van der Waals surface area contributed by atoms with E-state index >= 15 is 0 Å². The summed E-state index contributed by atoms with van der Waals surface area (Å²) in [6.45, 7) is 0.187. The maximum absolute atomic E-state index is 12.8. The second-order valence-electron chi connectivity index (χ2n) is 6.72. The van der Waals surface area contributed by atoms with Crippen molar-refractivity contribution < 1.29 is 13.2 Å². The lowest BCUT2D eigenvalue weighted by molar-refractivity contribution is -0.116. The van der Waals surface area contributed by atoms with Crippen LogP contribution in [0, 0.1) is 0 Å². The highest BCUT2D eigenvalue weighted by Crippen LogP contribution is 2.27. The third-order valence-electron chi connectivity index (χ3n) is 4.64. The van der Waals surface area contributed by atoms with Crippen LogP contribution in [0.2, 0.25) is 5.02 Å². The standard InChI is InChI=1S/C19H22ClN3O3S/c1-23(2)18(15-5-3-4-6-16(15)20)12-21-27(25,26)14-8-9-17-13(11-14)7-10-19(24)22-17/h3-6,8-9,11,18,21H,7,10,12H2,1-2H3,(H,22,24)/t18-/m1/s1. The molecule has 0 aromatic heterocycles. The summed E-state index contributed by atoms with van der Waals surface area (Å²) in [5, 5.41) is 3.35. The molecule has 1 atom stereocenters. The first-order valence-corrected chi connectivity index (χ1v) is 10.5. The molecule has 6 nitrogen and oxygen atoms in total. The number of carbonyl (C=O) groups is 1. The molecule has 3 rings (SSSR count). The topological polar surface area (TPSA) is 78.5 Å². The number of sulfonamides is 1. The van der Waals surface area contributed by atoms with Crippen LogP contribution in [-0.2, 0) is 21.2 Å². The minimum atomic E-state index is -3.69. The second-order valence-corrected chi connectivity index (χ2v) is 8.89. The molecular weight excluding hydrogens is 386 g/mol. The normalized spacial score (nSPS) is 15.3. The van der Waals surface area contributed by atoms with Crippen LogP contribution in [0.25, 0.3) is 0 Å². The van der Waals surface area contributed by atoms with Gasteiger partial charge < -0.3 is 10.2 Å². The van der Waals surface area contributed by atoms with Crippen LogP contribution in [-0.4, -0.2) is 39.9 Å². The molecule has 0 saturated heterocycles. The van der Waals surface area contributed by atoms with Gasteiger partial charge in [0.15, 0.2) is 0 Å². The van der Waals surface area contributed by atoms with Crippen LogP contribution in [0.5, 0.6) is 0 Å². The smallest absolute Gasteiger partial charge is 0.240 e. The van der Waals surface area contributed by atoms with Crippen molar-refractivity contribution in [1.29, 1.82) is 0 Å². The molecule has 0 aliphatic carbocycles. The summed E-state index contributed by atoms with van der Waals surface area (Å²) >= 11 is 6.28. The van der Waals surface area contributed by atoms with Gasteiger partial charge in [0.05, 0.1) is 4.90 Å². The summed E-state index contributed by atoms with van der Waals surface area (Å²) in [5.74, 6) is -0.0511. The molecule has 2 aromatic rings. The SMILES string of the molecule is CN(C)[C@H](CNS(=O)(=O)c1ccc2c(c1)CCC(=O)N2)c1ccccc1Cl. The Bertz CT molecular complexity index is 960. The van der Waals surface area contributed by atoms with Crippen LogP contribution in [0.3, 0.4) is 0 Å². The molecule has 0 unspecified atom stereocenters. The van der Waals surface area contributed by atoms with Crippen molar-refractivity contribution in [3.63, 3.8) is 0 Å². The highest BCUT2D eigenvalue weighted by Gasteiger charge is 2.23. The molecule has 1 amide bonds. The Kier molecular flexibility index (Phi) is 5.86. The van der Waals surface area contributed by atoms with Gasteiger partial charge in [-0.05, 0) is 55.9 Å². The number of aryl methyl sites for hydroxylation is 1. The molecule has 1 heterocycles. The Morgan fingerprint density at radius 2 is 1.93 bits per heavy atom. The first kappa shape index (κ1) is 19.8. The fourth-order valence-electron chi connectivity index (χ4n) is 3.11. The molecule has 0 saturated carbocycles. The number of carbonyl (C=O) groups excluding carboxylic acids is 1. The number of hydrogen-bond donors (Lipinski definition) is 2. The van der Waals surface area contributed by atoms with Gasteiger partial charge in [0.1, 0.15) is 0 Å². The number of amides is 1. The van der Waals surface area contributed by atoms with E-state index in [1.807, 2.05) is 37.2 Å². The minimum absolute atomic E-state index is 0.0511. The van der Waals surface area contributed by atoms with E-state index in [1.54, 1.807) is 18.2 Å². The number of anilines is 1. The fraction of sp³-hybridized carbons (Fsp3) is 0.316. The highest BCUT2D eigenvalue weighted by atomic mass is 35.5. The van der Waals surface area contributed by atoms with Crippen molar-refractivity contribution in [3.05, 3.63) is 58.6 Å². The molecule has 8 heteroatoms. The molecule has 0 fully saturated rings. The maximum atomic E-state index is 12.8. The first-order chi connectivity index (χ1) is 12.8. The maximum Gasteiger partial charge on any atom is 0.240 e. The van der Waals surface area contributed by atoms with E-state index in [0.717, 1.165) is 11.1 Å². The highest BCUT2D eigenvalue weighted by molar-refractivity contribution is 7.89. The van der Waals surface area contributed by atoms with E-state index in [2.05, 4.69) is 10.0 Å². The average molecular weight is 408 g/mol. The Balaban J connectivity index is 1.80. The second kappa shape index (κ2) is 7.98. The molecule has 27 heavy (non-hydrogen) atoms. The number of benzene rings is 2. The van der Waals surface area contributed by atoms with Crippen molar-refractivity contribution in [2.24, 2.45) is 0 Å². The largest absolute Gasteiger partial charge is 0.326 e. The zero-order valence-electron chi connectivity index (χ0n) is 15.2. The zero-order chi connectivity index (χ0) is 19.6. The Morgan fingerprint density at radius 3 is 2.63 bits per heavy atom. The van der Waals surface area contributed by atoms with Gasteiger partial charge in [-0.2, -0.15) is 0 Å². The van der Waals surface area contributed by atoms with Gasteiger partial charge in [0.25, 0.3) is 0 Å². The van der Waals surface area contributed by atoms with E-state index in [1.165, 1.54) is 6.07 Å². The Labute approximate surface area is 164 Å². The van der Waals surface area contributed by atoms with Crippen molar-refractivity contribution in [2.45, 2.75) is 23.8 Å². The van der Waals surface area contributed by atoms with Crippen LogP contribution in [0.15, 0.2) is 47.4 Å². The summed E-state index contributed by atoms with van der Waals surface area (Å²) < 4.78 is 28.2. The quantitative estimate of drug-likeness (QED) is 0.771. The van der Waals surface area contributed by atoms with Gasteiger partial charge in [-0.3, -0.25) is 4.79 Å². The summed E-state index contributed by atoms with van der Waals surface area (Å²) in [5.41, 5.74) is 2.36. The summed E-state index contributed by atoms with van der Waals surface area (Å²) in [6, 6.07) is 12.0. The third-order valence-corrected chi connectivity index (χ3v) is 6.40. The number of nitrogens with one attached hydrogen (secondary N) is 2. The molecule has 144 valence electrons. The number of hydrogen-bond acceptors (Lipinski definition) is 4. The van der Waals surface area contributed by atoms with Crippen LogP contribution in [0.1, 0.15) is 23.6 Å². The number of likely N-dealkylation sites (N-methyl/N-ethyl adjacent to an activating group) is 1. The van der Waals surface area contributed by atoms with Gasteiger partial charge in [0.2, 0.25) is 15.9 Å². The number of nitrogens with zero attached hydrogens (tertiary/aromatic N) is 1. The van der Waals surface area contributed by atoms with Crippen LogP contribution >= 0.6 is 11.6 Å². The number of rotatable bonds is 6. The van der Waals surface area contributed by atoms with E-state index in [-0.39, 0.29) is 23.4 Å². The molecule has 2 aromatic carbocycles. The monoisotopic (exact) mass is 407 g/mol. The number of halogens is 1. The minimum Gasteiger partial charge on any atom is -0.326 e. The van der Waals surface area contributed by atoms with Gasteiger partial charge in [-0.25, -0.2) is 13.1 Å². The van der Waals surface area contributed by atoms with Gasteiger partial charge in [-0.15, -0.1) is 0 Å². The van der Waals surface area contributed by atoms with Crippen molar-refractivity contribution >= 4 is 33.2 Å². The van der Waals surface area contributed by atoms with Crippen LogP contribution < -0.4 is 10.0 Å². The number of fused-ring (bicyclic) bond motifs is 1. The van der Waals surface area contributed by atoms with Gasteiger partial charge >= 0.3 is 0 Å². The van der Waals surface area contributed by atoms with Gasteiger partial charge in [0, 0.05) is 29.7 Å². The molecular formula is C19H22ClN3O3S. The Hall–Kier alpha value is -1.93. The Morgan fingerprint density at radius 1 is 1.19 bits per heavy atom. The molecule has 0 radical (unpaired) electrons. The lowest BCUT2D eigenvalue weighted by Crippen LogP contribution is -2.34. The van der Waals surface area contributed by atoms with E-state index in [0.29, 0.717) is 23.6 Å². The van der Waals surface area contributed by atoms with Crippen molar-refractivity contribution in [2.75, 3.05) is 26.0 Å². The molecule has 0 spiro atoms. The molecule has 2 N–H and O–H groups in total. The van der Waals surface area contributed by atoms with E-state index in [9.17, 15) is 13.2 Å². The molecule has 0 bridgehead atoms. The predicted octanol–water partition coefficient (Wildman–Crippen LogP) is 2.81. The molecule has 1 aliphatic heterocycles. The summed E-state index contributed by atoms with van der Waals surface area (Å²) in [4.78, 5) is 13.6. The summed E-state index contributed by atoms with van der Waals surface area (Å²) in [7, 11) is 0.0685.